The van der Waals surface area contributed by atoms with E-state index < -0.39 is 0 Å². The molecule has 1 nitrogen and oxygen atoms in total. The van der Waals surface area contributed by atoms with E-state index in [0.717, 1.165) is 12.8 Å². The highest BCUT2D eigenvalue weighted by molar-refractivity contribution is 8.02. The van der Waals surface area contributed by atoms with Gasteiger partial charge in [-0.3, -0.25) is 0 Å². The number of para-hydroxylation sites is 1. The van der Waals surface area contributed by atoms with E-state index in [1.807, 2.05) is 0 Å². The van der Waals surface area contributed by atoms with Gasteiger partial charge in [-0.2, -0.15) is 0 Å². The molecule has 0 spiro atoms. The molecule has 1 N–H and O–H groups in total. The number of aromatic amines is 1. The lowest BCUT2D eigenvalue weighted by molar-refractivity contribution is 0.765. The molecule has 0 aliphatic rings. The third-order valence-electron chi connectivity index (χ3n) is 3.38. The Labute approximate surface area is 119 Å². The Balaban J connectivity index is 1.87. The molecule has 0 saturated carbocycles. The molecule has 0 radical (unpaired) electrons. The lowest BCUT2D eigenvalue weighted by Gasteiger charge is -2.04. The first-order valence-corrected chi connectivity index (χ1v) is 7.91. The maximum atomic E-state index is 4.20. The molecule has 0 saturated heterocycles. The van der Waals surface area contributed by atoms with Gasteiger partial charge in [0, 0.05) is 11.2 Å². The summed E-state index contributed by atoms with van der Waals surface area (Å²) >= 11 is 1.76. The van der Waals surface area contributed by atoms with Crippen molar-refractivity contribution in [3.8, 4) is 0 Å². The van der Waals surface area contributed by atoms with Gasteiger partial charge in [0.05, 0.1) is 0 Å². The van der Waals surface area contributed by atoms with Gasteiger partial charge < -0.3 is 4.98 Å². The van der Waals surface area contributed by atoms with Crippen LogP contribution in [0, 0.1) is 0 Å². The molecular formula is C17H21NS. The number of benzene rings is 1. The van der Waals surface area contributed by atoms with Crippen LogP contribution in [0.25, 0.3) is 16.5 Å². The van der Waals surface area contributed by atoms with Crippen molar-refractivity contribution in [3.05, 3.63) is 54.1 Å². The summed E-state index contributed by atoms with van der Waals surface area (Å²) in [5.41, 5.74) is 3.56. The van der Waals surface area contributed by atoms with Crippen LogP contribution in [0.3, 0.4) is 0 Å². The van der Waals surface area contributed by atoms with Crippen molar-refractivity contribution in [2.75, 3.05) is 6.26 Å². The first-order chi connectivity index (χ1) is 9.20. The maximum absolute atomic E-state index is 4.20. The summed E-state index contributed by atoms with van der Waals surface area (Å²) in [6, 6.07) is 10.5. The molecule has 0 fully saturated rings. The number of aromatic nitrogens is 1. The normalized spacial score (nSPS) is 10.8. The lowest BCUT2D eigenvalue weighted by atomic mass is 10.1. The second kappa shape index (κ2) is 6.67. The van der Waals surface area contributed by atoms with Gasteiger partial charge in [-0.25, -0.2) is 0 Å². The van der Waals surface area contributed by atoms with E-state index in [0.29, 0.717) is 0 Å². The Morgan fingerprint density at radius 1 is 1.16 bits per heavy atom. The Hall–Kier alpha value is -1.41. The number of H-pyrrole nitrogens is 1. The lowest BCUT2D eigenvalue weighted by Crippen LogP contribution is -1.85. The second-order valence-electron chi connectivity index (χ2n) is 4.82. The fraction of sp³-hybridized carbons (Fsp3) is 0.294. The predicted octanol–water partition coefficient (Wildman–Crippen LogP) is 5.62. The average molecular weight is 271 g/mol. The average Bonchev–Trinajstić information content (AvgIpc) is 2.87. The zero-order chi connectivity index (χ0) is 13.7. The van der Waals surface area contributed by atoms with Crippen LogP contribution < -0.4 is 0 Å². The van der Waals surface area contributed by atoms with Gasteiger partial charge in [0.15, 0.2) is 0 Å². The minimum Gasteiger partial charge on any atom is -0.355 e. The standard InChI is InChI=1S/C17H21NS/c1-13(8-4-5-9-14(2)19-3)17-12-15-10-6-7-11-16(15)18-17/h6-7,10-12,18H,1-2,4-5,8-9H2,3H3. The number of rotatable bonds is 7. The monoisotopic (exact) mass is 271 g/mol. The molecule has 2 aromatic rings. The molecule has 0 aliphatic heterocycles. The number of hydrogen-bond acceptors (Lipinski definition) is 1. The van der Waals surface area contributed by atoms with E-state index in [1.165, 1.54) is 39.9 Å². The minimum absolute atomic E-state index is 1.05. The summed E-state index contributed by atoms with van der Waals surface area (Å²) in [7, 11) is 0. The minimum atomic E-state index is 1.05. The highest BCUT2D eigenvalue weighted by atomic mass is 32.2. The molecule has 0 unspecified atom stereocenters. The highest BCUT2D eigenvalue weighted by Gasteiger charge is 2.04. The van der Waals surface area contributed by atoms with Gasteiger partial charge >= 0.3 is 0 Å². The van der Waals surface area contributed by atoms with Crippen molar-refractivity contribution in [2.45, 2.75) is 25.7 Å². The summed E-state index contributed by atoms with van der Waals surface area (Å²) < 4.78 is 0. The SMILES string of the molecule is C=C(CCCCC(=C)c1cc2ccccc2[nH]1)SC. The zero-order valence-electron chi connectivity index (χ0n) is 11.5. The number of hydrogen-bond donors (Lipinski definition) is 1. The first-order valence-electron chi connectivity index (χ1n) is 6.68. The van der Waals surface area contributed by atoms with Crippen molar-refractivity contribution >= 4 is 28.2 Å². The van der Waals surface area contributed by atoms with Gasteiger partial charge in [-0.1, -0.05) is 31.4 Å². The van der Waals surface area contributed by atoms with Crippen LogP contribution in [-0.4, -0.2) is 11.2 Å². The van der Waals surface area contributed by atoms with Gasteiger partial charge in [0.2, 0.25) is 0 Å². The summed E-state index contributed by atoms with van der Waals surface area (Å²) in [4.78, 5) is 4.71. The second-order valence-corrected chi connectivity index (χ2v) is 5.81. The molecule has 2 rings (SSSR count). The molecule has 0 aliphatic carbocycles. The molecule has 19 heavy (non-hydrogen) atoms. The quantitative estimate of drug-likeness (QED) is 0.646. The summed E-state index contributed by atoms with van der Waals surface area (Å²) in [5, 5.41) is 1.26. The van der Waals surface area contributed by atoms with Crippen molar-refractivity contribution in [2.24, 2.45) is 0 Å². The van der Waals surface area contributed by atoms with E-state index in [2.05, 4.69) is 54.7 Å². The summed E-state index contributed by atoms with van der Waals surface area (Å²) in [6.45, 7) is 8.21. The van der Waals surface area contributed by atoms with Crippen LogP contribution in [0.4, 0.5) is 0 Å². The molecule has 0 bridgehead atoms. The van der Waals surface area contributed by atoms with Crippen LogP contribution in [0.15, 0.2) is 48.4 Å². The Bertz CT molecular complexity index is 547. The topological polar surface area (TPSA) is 15.8 Å². The van der Waals surface area contributed by atoms with E-state index >= 15 is 0 Å². The fourth-order valence-electron chi connectivity index (χ4n) is 2.16. The number of unbranched alkanes of at least 4 members (excludes halogenated alkanes) is 1. The largest absolute Gasteiger partial charge is 0.355 e. The molecule has 100 valence electrons. The van der Waals surface area contributed by atoms with Crippen LogP contribution in [0.1, 0.15) is 31.4 Å². The zero-order valence-corrected chi connectivity index (χ0v) is 12.4. The van der Waals surface area contributed by atoms with Crippen LogP contribution in [0.5, 0.6) is 0 Å². The molecule has 2 heteroatoms. The Kier molecular flexibility index (Phi) is 4.92. The molecular weight excluding hydrogens is 250 g/mol. The van der Waals surface area contributed by atoms with Crippen molar-refractivity contribution < 1.29 is 0 Å². The maximum Gasteiger partial charge on any atom is 0.0458 e. The van der Waals surface area contributed by atoms with Crippen LogP contribution in [0.2, 0.25) is 0 Å². The van der Waals surface area contributed by atoms with E-state index in [-0.39, 0.29) is 0 Å². The highest BCUT2D eigenvalue weighted by Crippen LogP contribution is 2.24. The van der Waals surface area contributed by atoms with Crippen LogP contribution in [-0.2, 0) is 0 Å². The number of allylic oxidation sites excluding steroid dienone is 2. The number of thioether (sulfide) groups is 1. The predicted molar refractivity (Wildman–Crippen MR) is 88.5 cm³/mol. The summed E-state index contributed by atoms with van der Waals surface area (Å²) in [6.07, 6.45) is 6.62. The molecule has 1 aromatic heterocycles. The Morgan fingerprint density at radius 3 is 2.63 bits per heavy atom. The number of nitrogens with one attached hydrogen (secondary N) is 1. The van der Waals surface area contributed by atoms with Crippen molar-refractivity contribution in [3.63, 3.8) is 0 Å². The summed E-state index contributed by atoms with van der Waals surface area (Å²) in [5.74, 6) is 0. The third-order valence-corrected chi connectivity index (χ3v) is 4.17. The first kappa shape index (κ1) is 14.0. The molecule has 1 aromatic carbocycles. The van der Waals surface area contributed by atoms with Gasteiger partial charge in [0.25, 0.3) is 0 Å². The molecule has 0 atom stereocenters. The molecule has 1 heterocycles. The van der Waals surface area contributed by atoms with E-state index in [9.17, 15) is 0 Å². The smallest absolute Gasteiger partial charge is 0.0458 e. The van der Waals surface area contributed by atoms with Crippen molar-refractivity contribution in [1.82, 2.24) is 4.98 Å². The van der Waals surface area contributed by atoms with Crippen LogP contribution >= 0.6 is 11.8 Å². The third kappa shape index (κ3) is 3.77. The van der Waals surface area contributed by atoms with Crippen molar-refractivity contribution in [1.29, 1.82) is 0 Å². The van der Waals surface area contributed by atoms with E-state index in [4.69, 9.17) is 0 Å². The van der Waals surface area contributed by atoms with Gasteiger partial charge in [-0.15, -0.1) is 11.8 Å². The number of fused-ring (bicyclic) bond motifs is 1. The van der Waals surface area contributed by atoms with Gasteiger partial charge in [-0.05, 0) is 59.9 Å². The van der Waals surface area contributed by atoms with Gasteiger partial charge in [0.1, 0.15) is 0 Å². The fourth-order valence-corrected chi connectivity index (χ4v) is 2.51. The Morgan fingerprint density at radius 2 is 1.89 bits per heavy atom. The van der Waals surface area contributed by atoms with E-state index in [1.54, 1.807) is 11.8 Å². The molecule has 0 amide bonds.